The number of aliphatic hydroxyl groups excluding tert-OH is 1. The SMILES string of the molecule is N#C[C@@H]1CCCN(C(=O)c2ccc(S(=O)(=O)NCCCO)cc2)C1. The molecule has 1 saturated heterocycles. The fourth-order valence-electron chi connectivity index (χ4n) is 2.60. The standard InChI is InChI=1S/C16H21N3O4S/c17-11-13-3-1-9-19(12-13)16(21)14-4-6-15(7-5-14)24(22,23)18-8-2-10-20/h4-7,13,18,20H,1-3,8-10,12H2/t13-/m0/s1. The molecule has 1 atom stereocenters. The monoisotopic (exact) mass is 351 g/mol. The van der Waals surface area contributed by atoms with Gasteiger partial charge < -0.3 is 10.0 Å². The van der Waals surface area contributed by atoms with Gasteiger partial charge in [-0.1, -0.05) is 0 Å². The van der Waals surface area contributed by atoms with E-state index < -0.39 is 10.0 Å². The lowest BCUT2D eigenvalue weighted by Gasteiger charge is -2.29. The van der Waals surface area contributed by atoms with E-state index in [0.29, 0.717) is 25.1 Å². The Balaban J connectivity index is 2.06. The van der Waals surface area contributed by atoms with E-state index >= 15 is 0 Å². The minimum absolute atomic E-state index is 0.0746. The Morgan fingerprint density at radius 3 is 2.71 bits per heavy atom. The van der Waals surface area contributed by atoms with E-state index in [2.05, 4.69) is 10.8 Å². The predicted molar refractivity (Wildman–Crippen MR) is 87.6 cm³/mol. The number of carbonyl (C=O) groups excluding carboxylic acids is 1. The first-order valence-corrected chi connectivity index (χ1v) is 9.35. The Morgan fingerprint density at radius 1 is 1.38 bits per heavy atom. The molecule has 2 rings (SSSR count). The molecule has 8 heteroatoms. The van der Waals surface area contributed by atoms with Crippen molar-refractivity contribution in [1.82, 2.24) is 9.62 Å². The molecule has 2 N–H and O–H groups in total. The number of nitrogens with one attached hydrogen (secondary N) is 1. The van der Waals surface area contributed by atoms with Gasteiger partial charge in [0.1, 0.15) is 0 Å². The normalized spacial score (nSPS) is 18.2. The van der Waals surface area contributed by atoms with Gasteiger partial charge in [-0.25, -0.2) is 13.1 Å². The fraction of sp³-hybridized carbons (Fsp3) is 0.500. The molecule has 1 amide bonds. The zero-order chi connectivity index (χ0) is 17.6. The van der Waals surface area contributed by atoms with Crippen LogP contribution >= 0.6 is 0 Å². The second-order valence-electron chi connectivity index (χ2n) is 5.72. The number of amides is 1. The Morgan fingerprint density at radius 2 is 2.08 bits per heavy atom. The van der Waals surface area contributed by atoms with Crippen LogP contribution in [0.25, 0.3) is 0 Å². The van der Waals surface area contributed by atoms with Gasteiger partial charge in [0.15, 0.2) is 0 Å². The van der Waals surface area contributed by atoms with E-state index in [9.17, 15) is 13.2 Å². The smallest absolute Gasteiger partial charge is 0.253 e. The molecule has 0 spiro atoms. The molecule has 0 aromatic heterocycles. The third-order valence-electron chi connectivity index (χ3n) is 3.93. The van der Waals surface area contributed by atoms with Gasteiger partial charge in [-0.15, -0.1) is 0 Å². The molecule has 0 bridgehead atoms. The van der Waals surface area contributed by atoms with Gasteiger partial charge in [-0.05, 0) is 43.5 Å². The average Bonchev–Trinajstić information content (AvgIpc) is 2.61. The Labute approximate surface area is 141 Å². The molecular formula is C16H21N3O4S. The van der Waals surface area contributed by atoms with Crippen molar-refractivity contribution in [3.05, 3.63) is 29.8 Å². The van der Waals surface area contributed by atoms with Crippen LogP contribution < -0.4 is 4.72 Å². The number of benzene rings is 1. The van der Waals surface area contributed by atoms with Crippen molar-refractivity contribution in [3.8, 4) is 6.07 Å². The van der Waals surface area contributed by atoms with E-state index in [1.54, 1.807) is 4.90 Å². The summed E-state index contributed by atoms with van der Waals surface area (Å²) < 4.78 is 26.5. The lowest BCUT2D eigenvalue weighted by molar-refractivity contribution is 0.0698. The minimum Gasteiger partial charge on any atom is -0.396 e. The summed E-state index contributed by atoms with van der Waals surface area (Å²) in [5.74, 6) is -0.329. The molecule has 7 nitrogen and oxygen atoms in total. The number of sulfonamides is 1. The van der Waals surface area contributed by atoms with Crippen LogP contribution in [0.2, 0.25) is 0 Å². The van der Waals surface area contributed by atoms with Crippen LogP contribution in [0.4, 0.5) is 0 Å². The highest BCUT2D eigenvalue weighted by Crippen LogP contribution is 2.19. The summed E-state index contributed by atoms with van der Waals surface area (Å²) in [4.78, 5) is 14.2. The summed E-state index contributed by atoms with van der Waals surface area (Å²) in [5.41, 5.74) is 0.405. The fourth-order valence-corrected chi connectivity index (χ4v) is 3.67. The number of hydrogen-bond acceptors (Lipinski definition) is 5. The number of rotatable bonds is 6. The van der Waals surface area contributed by atoms with E-state index in [1.165, 1.54) is 24.3 Å². The number of piperidine rings is 1. The van der Waals surface area contributed by atoms with Crippen molar-refractivity contribution in [1.29, 1.82) is 5.26 Å². The molecule has 0 aliphatic carbocycles. The van der Waals surface area contributed by atoms with Crippen molar-refractivity contribution in [3.63, 3.8) is 0 Å². The Hall–Kier alpha value is -1.95. The van der Waals surface area contributed by atoms with Gasteiger partial charge in [0.05, 0.1) is 16.9 Å². The molecule has 1 aromatic rings. The van der Waals surface area contributed by atoms with Gasteiger partial charge >= 0.3 is 0 Å². The molecule has 0 saturated carbocycles. The number of nitriles is 1. The molecule has 130 valence electrons. The summed E-state index contributed by atoms with van der Waals surface area (Å²) in [5, 5.41) is 17.7. The third kappa shape index (κ3) is 4.54. The first-order chi connectivity index (χ1) is 11.5. The first kappa shape index (κ1) is 18.4. The molecule has 1 aliphatic heterocycles. The van der Waals surface area contributed by atoms with E-state index in [-0.39, 0.29) is 29.9 Å². The molecular weight excluding hydrogens is 330 g/mol. The van der Waals surface area contributed by atoms with Crippen LogP contribution in [-0.4, -0.2) is 50.6 Å². The number of hydrogen-bond donors (Lipinski definition) is 2. The molecule has 1 fully saturated rings. The number of carbonyl (C=O) groups is 1. The molecule has 1 aliphatic rings. The van der Waals surface area contributed by atoms with Crippen LogP contribution in [0.3, 0.4) is 0 Å². The van der Waals surface area contributed by atoms with Gasteiger partial charge in [0, 0.05) is 31.8 Å². The van der Waals surface area contributed by atoms with Crippen LogP contribution in [0.1, 0.15) is 29.6 Å². The van der Waals surface area contributed by atoms with Crippen molar-refractivity contribution >= 4 is 15.9 Å². The zero-order valence-corrected chi connectivity index (χ0v) is 14.1. The van der Waals surface area contributed by atoms with Gasteiger partial charge in [0.2, 0.25) is 10.0 Å². The Bertz CT molecular complexity index is 710. The largest absolute Gasteiger partial charge is 0.396 e. The topological polar surface area (TPSA) is 111 Å². The van der Waals surface area contributed by atoms with Gasteiger partial charge in [-0.2, -0.15) is 5.26 Å². The predicted octanol–water partition coefficient (Wildman–Crippen LogP) is 0.723. The highest BCUT2D eigenvalue weighted by Gasteiger charge is 2.24. The average molecular weight is 351 g/mol. The van der Waals surface area contributed by atoms with Crippen molar-refractivity contribution < 1.29 is 18.3 Å². The molecule has 0 radical (unpaired) electrons. The summed E-state index contributed by atoms with van der Waals surface area (Å²) in [6.45, 7) is 1.09. The van der Waals surface area contributed by atoms with Crippen molar-refractivity contribution in [2.75, 3.05) is 26.2 Å². The second-order valence-corrected chi connectivity index (χ2v) is 7.49. The van der Waals surface area contributed by atoms with Crippen LogP contribution in [-0.2, 0) is 10.0 Å². The highest BCUT2D eigenvalue weighted by molar-refractivity contribution is 7.89. The molecule has 24 heavy (non-hydrogen) atoms. The lowest BCUT2D eigenvalue weighted by atomic mass is 9.99. The van der Waals surface area contributed by atoms with Gasteiger partial charge in [-0.3, -0.25) is 4.79 Å². The summed E-state index contributed by atoms with van der Waals surface area (Å²) in [7, 11) is -3.64. The van der Waals surface area contributed by atoms with Crippen LogP contribution in [0, 0.1) is 17.2 Å². The summed E-state index contributed by atoms with van der Waals surface area (Å²) in [6.07, 6.45) is 1.94. The summed E-state index contributed by atoms with van der Waals surface area (Å²) in [6, 6.07) is 7.94. The third-order valence-corrected chi connectivity index (χ3v) is 5.41. The second kappa shape index (κ2) is 8.24. The number of aliphatic hydroxyl groups is 1. The quantitative estimate of drug-likeness (QED) is 0.734. The maximum Gasteiger partial charge on any atom is 0.253 e. The van der Waals surface area contributed by atoms with E-state index in [1.807, 2.05) is 0 Å². The van der Waals surface area contributed by atoms with Gasteiger partial charge in [0.25, 0.3) is 5.91 Å². The lowest BCUT2D eigenvalue weighted by Crippen LogP contribution is -2.39. The molecule has 0 unspecified atom stereocenters. The van der Waals surface area contributed by atoms with Crippen LogP contribution in [0.15, 0.2) is 29.2 Å². The number of likely N-dealkylation sites (tertiary alicyclic amines) is 1. The number of nitrogens with zero attached hydrogens (tertiary/aromatic N) is 2. The van der Waals surface area contributed by atoms with Crippen molar-refractivity contribution in [2.24, 2.45) is 5.92 Å². The van der Waals surface area contributed by atoms with Crippen molar-refractivity contribution in [2.45, 2.75) is 24.2 Å². The summed E-state index contributed by atoms with van der Waals surface area (Å²) >= 11 is 0. The van der Waals surface area contributed by atoms with E-state index in [4.69, 9.17) is 10.4 Å². The molecule has 1 heterocycles. The minimum atomic E-state index is -3.64. The zero-order valence-electron chi connectivity index (χ0n) is 13.3. The highest BCUT2D eigenvalue weighted by atomic mass is 32.2. The van der Waals surface area contributed by atoms with Crippen LogP contribution in [0.5, 0.6) is 0 Å². The maximum atomic E-state index is 12.5. The van der Waals surface area contributed by atoms with E-state index in [0.717, 1.165) is 12.8 Å². The maximum absolute atomic E-state index is 12.5. The molecule has 1 aromatic carbocycles. The Kier molecular flexibility index (Phi) is 6.31. The first-order valence-electron chi connectivity index (χ1n) is 7.87.